The Kier molecular flexibility index (Phi) is 5.86. The largest absolute Gasteiger partial charge is 0.331 e. The van der Waals surface area contributed by atoms with Crippen LogP contribution in [-0.2, 0) is 0 Å². The van der Waals surface area contributed by atoms with E-state index in [1.807, 2.05) is 0 Å². The van der Waals surface area contributed by atoms with Gasteiger partial charge in [-0.2, -0.15) is 5.10 Å². The molecule has 6 nitrogen and oxygen atoms in total. The average Bonchev–Trinajstić information content (AvgIpc) is 2.51. The fraction of sp³-hybridized carbons (Fsp3) is 0. The van der Waals surface area contributed by atoms with E-state index in [0.717, 1.165) is 0 Å². The molecule has 0 amide bonds. The van der Waals surface area contributed by atoms with Gasteiger partial charge in [0.2, 0.25) is 0 Å². The van der Waals surface area contributed by atoms with Gasteiger partial charge in [0.25, 0.3) is 5.69 Å². The van der Waals surface area contributed by atoms with Crippen LogP contribution >= 0.6 is 35.4 Å². The molecule has 23 heavy (non-hydrogen) atoms. The van der Waals surface area contributed by atoms with Gasteiger partial charge in [0, 0.05) is 11.8 Å². The molecule has 2 rings (SSSR count). The number of nitrogens with zero attached hydrogens (tertiary/aromatic N) is 2. The van der Waals surface area contributed by atoms with Crippen LogP contribution in [0, 0.1) is 10.1 Å². The molecular weight excluding hydrogens is 359 g/mol. The Morgan fingerprint density at radius 3 is 2.65 bits per heavy atom. The summed E-state index contributed by atoms with van der Waals surface area (Å²) in [7, 11) is 0. The second kappa shape index (κ2) is 7.87. The molecule has 0 heterocycles. The molecular formula is C14H10Cl2N4O2S. The number of hydrazone groups is 1. The number of anilines is 1. The fourth-order valence-corrected chi connectivity index (χ4v) is 2.12. The van der Waals surface area contributed by atoms with Crippen LogP contribution in [0.15, 0.2) is 47.6 Å². The lowest BCUT2D eigenvalue weighted by molar-refractivity contribution is -0.385. The van der Waals surface area contributed by atoms with E-state index in [-0.39, 0.29) is 10.8 Å². The summed E-state index contributed by atoms with van der Waals surface area (Å²) in [5, 5.41) is 18.7. The van der Waals surface area contributed by atoms with Crippen molar-refractivity contribution >= 4 is 58.1 Å². The molecule has 0 aliphatic rings. The molecule has 2 aromatic rings. The van der Waals surface area contributed by atoms with Gasteiger partial charge in [-0.05, 0) is 36.5 Å². The van der Waals surface area contributed by atoms with E-state index in [4.69, 9.17) is 35.4 Å². The van der Waals surface area contributed by atoms with Crippen molar-refractivity contribution in [2.24, 2.45) is 5.10 Å². The molecule has 0 saturated heterocycles. The quantitative estimate of drug-likeness (QED) is 0.365. The van der Waals surface area contributed by atoms with Crippen LogP contribution in [0.1, 0.15) is 5.56 Å². The summed E-state index contributed by atoms with van der Waals surface area (Å²) in [6, 6.07) is 11.2. The molecule has 0 aliphatic carbocycles. The molecule has 0 spiro atoms. The van der Waals surface area contributed by atoms with Crippen molar-refractivity contribution in [1.82, 2.24) is 5.43 Å². The van der Waals surface area contributed by atoms with Crippen molar-refractivity contribution in [2.45, 2.75) is 0 Å². The van der Waals surface area contributed by atoms with Crippen molar-refractivity contribution in [1.29, 1.82) is 0 Å². The molecule has 9 heteroatoms. The zero-order chi connectivity index (χ0) is 16.8. The van der Waals surface area contributed by atoms with E-state index in [2.05, 4.69) is 15.8 Å². The standard InChI is InChI=1S/C14H10Cl2N4O2S/c15-11-6-5-10(7-12(11)16)18-14(23)19-17-8-9-3-1-2-4-13(9)20(21)22/h1-8H,(H2,18,19,23). The number of nitro groups is 1. The van der Waals surface area contributed by atoms with Crippen LogP contribution in [-0.4, -0.2) is 16.3 Å². The summed E-state index contributed by atoms with van der Waals surface area (Å²) in [5.41, 5.74) is 3.53. The first-order chi connectivity index (χ1) is 11.0. The lowest BCUT2D eigenvalue weighted by atomic mass is 10.2. The van der Waals surface area contributed by atoms with E-state index in [1.54, 1.807) is 36.4 Å². The van der Waals surface area contributed by atoms with Crippen LogP contribution in [0.2, 0.25) is 10.0 Å². The van der Waals surface area contributed by atoms with Crippen LogP contribution in [0.25, 0.3) is 0 Å². The van der Waals surface area contributed by atoms with Gasteiger partial charge >= 0.3 is 0 Å². The van der Waals surface area contributed by atoms with Gasteiger partial charge in [-0.25, -0.2) is 0 Å². The Balaban J connectivity index is 1.99. The first-order valence-corrected chi connectivity index (χ1v) is 7.42. The predicted octanol–water partition coefficient (Wildman–Crippen LogP) is 4.22. The molecule has 0 fully saturated rings. The van der Waals surface area contributed by atoms with Gasteiger partial charge in [-0.15, -0.1) is 0 Å². The van der Waals surface area contributed by atoms with E-state index in [0.29, 0.717) is 21.3 Å². The number of para-hydroxylation sites is 1. The third-order valence-corrected chi connectivity index (χ3v) is 3.61. The highest BCUT2D eigenvalue weighted by atomic mass is 35.5. The minimum absolute atomic E-state index is 0.0404. The Hall–Kier alpha value is -2.22. The summed E-state index contributed by atoms with van der Waals surface area (Å²) in [4.78, 5) is 10.4. The van der Waals surface area contributed by atoms with Crippen LogP contribution in [0.4, 0.5) is 11.4 Å². The topological polar surface area (TPSA) is 79.6 Å². The number of hydrogen-bond acceptors (Lipinski definition) is 4. The van der Waals surface area contributed by atoms with E-state index >= 15 is 0 Å². The summed E-state index contributed by atoms with van der Waals surface area (Å²) < 4.78 is 0. The Morgan fingerprint density at radius 1 is 1.22 bits per heavy atom. The summed E-state index contributed by atoms with van der Waals surface area (Å²) >= 11 is 16.8. The number of hydrogen-bond donors (Lipinski definition) is 2. The number of benzene rings is 2. The monoisotopic (exact) mass is 368 g/mol. The van der Waals surface area contributed by atoms with Gasteiger partial charge in [0.15, 0.2) is 5.11 Å². The SMILES string of the molecule is O=[N+]([O-])c1ccccc1C=NNC(=S)Nc1ccc(Cl)c(Cl)c1. The Labute approximate surface area is 147 Å². The number of nitrogens with one attached hydrogen (secondary N) is 2. The van der Waals surface area contributed by atoms with Crippen molar-refractivity contribution in [3.63, 3.8) is 0 Å². The van der Waals surface area contributed by atoms with Crippen LogP contribution in [0.3, 0.4) is 0 Å². The van der Waals surface area contributed by atoms with Gasteiger partial charge in [-0.1, -0.05) is 35.3 Å². The van der Waals surface area contributed by atoms with Crippen LogP contribution in [0.5, 0.6) is 0 Å². The van der Waals surface area contributed by atoms with Gasteiger partial charge in [0.05, 0.1) is 26.7 Å². The maximum absolute atomic E-state index is 10.9. The van der Waals surface area contributed by atoms with Crippen molar-refractivity contribution in [2.75, 3.05) is 5.32 Å². The number of thiocarbonyl (C=S) groups is 1. The highest BCUT2D eigenvalue weighted by Gasteiger charge is 2.09. The maximum Gasteiger partial charge on any atom is 0.278 e. The molecule has 0 atom stereocenters. The zero-order valence-corrected chi connectivity index (χ0v) is 13.8. The zero-order valence-electron chi connectivity index (χ0n) is 11.5. The van der Waals surface area contributed by atoms with Crippen LogP contribution < -0.4 is 10.7 Å². The third-order valence-electron chi connectivity index (χ3n) is 2.68. The molecule has 0 aromatic heterocycles. The van der Waals surface area contributed by atoms with Crippen molar-refractivity contribution in [3.05, 3.63) is 68.2 Å². The summed E-state index contributed by atoms with van der Waals surface area (Å²) in [5.74, 6) is 0. The third kappa shape index (κ3) is 4.88. The first-order valence-electron chi connectivity index (χ1n) is 6.26. The first kappa shape index (κ1) is 17.1. The molecule has 0 saturated carbocycles. The normalized spacial score (nSPS) is 10.5. The molecule has 2 N–H and O–H groups in total. The van der Waals surface area contributed by atoms with Crippen molar-refractivity contribution in [3.8, 4) is 0 Å². The lowest BCUT2D eigenvalue weighted by Crippen LogP contribution is -2.23. The second-order valence-electron chi connectivity index (χ2n) is 4.27. The highest BCUT2D eigenvalue weighted by molar-refractivity contribution is 7.80. The predicted molar refractivity (Wildman–Crippen MR) is 96.5 cm³/mol. The number of halogens is 2. The van der Waals surface area contributed by atoms with Crippen molar-refractivity contribution < 1.29 is 4.92 Å². The Morgan fingerprint density at radius 2 is 1.96 bits per heavy atom. The highest BCUT2D eigenvalue weighted by Crippen LogP contribution is 2.24. The van der Waals surface area contributed by atoms with Gasteiger partial charge in [0.1, 0.15) is 0 Å². The smallest absolute Gasteiger partial charge is 0.278 e. The molecule has 118 valence electrons. The number of nitro benzene ring substituents is 1. The molecule has 0 aliphatic heterocycles. The lowest BCUT2D eigenvalue weighted by Gasteiger charge is -2.07. The summed E-state index contributed by atoms with van der Waals surface area (Å²) in [6.45, 7) is 0. The van der Waals surface area contributed by atoms with E-state index < -0.39 is 4.92 Å². The van der Waals surface area contributed by atoms with Gasteiger partial charge < -0.3 is 5.32 Å². The number of rotatable bonds is 4. The molecule has 0 unspecified atom stereocenters. The molecule has 0 radical (unpaired) electrons. The van der Waals surface area contributed by atoms with Gasteiger partial charge in [-0.3, -0.25) is 15.5 Å². The maximum atomic E-state index is 10.9. The second-order valence-corrected chi connectivity index (χ2v) is 5.49. The summed E-state index contributed by atoms with van der Waals surface area (Å²) in [6.07, 6.45) is 1.32. The Bertz CT molecular complexity index is 783. The van der Waals surface area contributed by atoms with E-state index in [9.17, 15) is 10.1 Å². The molecule has 2 aromatic carbocycles. The fourth-order valence-electron chi connectivity index (χ4n) is 1.66. The van der Waals surface area contributed by atoms with E-state index in [1.165, 1.54) is 12.3 Å². The average molecular weight is 369 g/mol. The minimum atomic E-state index is -0.479. The molecule has 0 bridgehead atoms. The minimum Gasteiger partial charge on any atom is -0.331 e.